The van der Waals surface area contributed by atoms with Gasteiger partial charge in [-0.25, -0.2) is 0 Å². The van der Waals surface area contributed by atoms with Gasteiger partial charge in [-0.15, -0.1) is 0 Å². The highest BCUT2D eigenvalue weighted by molar-refractivity contribution is 4.96. The van der Waals surface area contributed by atoms with Crippen molar-refractivity contribution >= 4 is 0 Å². The highest BCUT2D eigenvalue weighted by Gasteiger charge is 2.44. The molecule has 0 aromatic heterocycles. The van der Waals surface area contributed by atoms with E-state index < -0.39 is 0 Å². The Labute approximate surface area is 178 Å². The summed E-state index contributed by atoms with van der Waals surface area (Å²) in [6.45, 7) is 30.9. The summed E-state index contributed by atoms with van der Waals surface area (Å²) in [7, 11) is 0. The van der Waals surface area contributed by atoms with Crippen molar-refractivity contribution in [3.05, 3.63) is 0 Å². The van der Waals surface area contributed by atoms with E-state index in [-0.39, 0.29) is 16.6 Å². The largest absolute Gasteiger partial charge is 0.369 e. The SMILES string of the molecule is CCC(C)C(C)C(C)(CC)OC(C)(C)CC(C)(C)C1CCN(C(C)(C)CC)C1. The van der Waals surface area contributed by atoms with E-state index in [4.69, 9.17) is 4.74 Å². The Kier molecular flexibility index (Phi) is 8.69. The second kappa shape index (κ2) is 9.38. The minimum absolute atomic E-state index is 0.0546. The van der Waals surface area contributed by atoms with Crippen molar-refractivity contribution in [2.45, 2.75) is 132 Å². The average molecular weight is 396 g/mol. The highest BCUT2D eigenvalue weighted by atomic mass is 16.5. The van der Waals surface area contributed by atoms with Gasteiger partial charge in [0.15, 0.2) is 0 Å². The van der Waals surface area contributed by atoms with Gasteiger partial charge in [-0.05, 0) is 90.0 Å². The predicted octanol–water partition coefficient (Wildman–Crippen LogP) is 7.56. The van der Waals surface area contributed by atoms with Crippen LogP contribution in [0, 0.1) is 23.2 Å². The Morgan fingerprint density at radius 1 is 0.929 bits per heavy atom. The Balaban J connectivity index is 2.86. The first-order chi connectivity index (χ1) is 12.6. The smallest absolute Gasteiger partial charge is 0.0687 e. The third-order valence-corrected chi connectivity index (χ3v) is 8.57. The molecule has 0 spiro atoms. The van der Waals surface area contributed by atoms with Gasteiger partial charge in [0, 0.05) is 12.1 Å². The monoisotopic (exact) mass is 395 g/mol. The third-order valence-electron chi connectivity index (χ3n) is 8.57. The molecule has 2 heteroatoms. The maximum atomic E-state index is 6.96. The van der Waals surface area contributed by atoms with Crippen molar-refractivity contribution in [2.24, 2.45) is 23.2 Å². The minimum Gasteiger partial charge on any atom is -0.369 e. The molecule has 1 saturated heterocycles. The summed E-state index contributed by atoms with van der Waals surface area (Å²) in [6, 6.07) is 0. The quantitative estimate of drug-likeness (QED) is 0.358. The molecule has 1 fully saturated rings. The van der Waals surface area contributed by atoms with E-state index in [1.54, 1.807) is 0 Å². The van der Waals surface area contributed by atoms with Crippen LogP contribution in [0.4, 0.5) is 0 Å². The molecule has 1 heterocycles. The summed E-state index contributed by atoms with van der Waals surface area (Å²) in [6.07, 6.45) is 5.95. The van der Waals surface area contributed by atoms with Crippen molar-refractivity contribution in [3.8, 4) is 0 Å². The zero-order chi connectivity index (χ0) is 22.0. The molecule has 1 aliphatic rings. The molecule has 0 N–H and O–H groups in total. The van der Waals surface area contributed by atoms with E-state index in [2.05, 4.69) is 88.0 Å². The summed E-state index contributed by atoms with van der Waals surface area (Å²) in [5, 5.41) is 0. The van der Waals surface area contributed by atoms with Gasteiger partial charge in [-0.2, -0.15) is 0 Å². The molecule has 0 bridgehead atoms. The fourth-order valence-corrected chi connectivity index (χ4v) is 5.52. The molecule has 0 saturated carbocycles. The lowest BCUT2D eigenvalue weighted by Gasteiger charge is -2.47. The molecule has 0 aliphatic carbocycles. The van der Waals surface area contributed by atoms with Crippen LogP contribution in [0.1, 0.15) is 115 Å². The van der Waals surface area contributed by atoms with Crippen molar-refractivity contribution in [1.82, 2.24) is 4.90 Å². The Hall–Kier alpha value is -0.0800. The van der Waals surface area contributed by atoms with Crippen LogP contribution in [0.3, 0.4) is 0 Å². The zero-order valence-corrected chi connectivity index (χ0v) is 21.5. The summed E-state index contributed by atoms with van der Waals surface area (Å²) in [5.41, 5.74) is 0.449. The number of rotatable bonds is 11. The molecular formula is C26H53NO. The normalized spacial score (nSPS) is 24.2. The fourth-order valence-electron chi connectivity index (χ4n) is 5.52. The second-order valence-electron chi connectivity index (χ2n) is 12.0. The van der Waals surface area contributed by atoms with Crippen LogP contribution >= 0.6 is 0 Å². The number of hydrogen-bond acceptors (Lipinski definition) is 2. The summed E-state index contributed by atoms with van der Waals surface area (Å²) < 4.78 is 6.96. The van der Waals surface area contributed by atoms with E-state index in [1.165, 1.54) is 32.4 Å². The molecule has 4 atom stereocenters. The first-order valence-electron chi connectivity index (χ1n) is 12.1. The van der Waals surface area contributed by atoms with E-state index in [1.807, 2.05) is 0 Å². The topological polar surface area (TPSA) is 12.5 Å². The van der Waals surface area contributed by atoms with Gasteiger partial charge in [0.05, 0.1) is 11.2 Å². The van der Waals surface area contributed by atoms with Crippen LogP contribution < -0.4 is 0 Å². The van der Waals surface area contributed by atoms with Gasteiger partial charge >= 0.3 is 0 Å². The van der Waals surface area contributed by atoms with E-state index in [0.717, 1.165) is 18.8 Å². The van der Waals surface area contributed by atoms with Crippen LogP contribution in [-0.2, 0) is 4.74 Å². The highest BCUT2D eigenvalue weighted by Crippen LogP contribution is 2.45. The maximum Gasteiger partial charge on any atom is 0.0687 e. The van der Waals surface area contributed by atoms with E-state index >= 15 is 0 Å². The molecule has 28 heavy (non-hydrogen) atoms. The van der Waals surface area contributed by atoms with Crippen molar-refractivity contribution in [1.29, 1.82) is 0 Å². The zero-order valence-electron chi connectivity index (χ0n) is 21.5. The molecule has 0 aromatic carbocycles. The molecular weight excluding hydrogens is 342 g/mol. The van der Waals surface area contributed by atoms with Gasteiger partial charge in [-0.3, -0.25) is 4.90 Å². The lowest BCUT2D eigenvalue weighted by Crippen LogP contribution is -2.48. The minimum atomic E-state index is -0.107. The third kappa shape index (κ3) is 6.21. The summed E-state index contributed by atoms with van der Waals surface area (Å²) in [5.74, 6) is 2.01. The number of likely N-dealkylation sites (tertiary alicyclic amines) is 1. The van der Waals surface area contributed by atoms with Gasteiger partial charge < -0.3 is 4.74 Å². The predicted molar refractivity (Wildman–Crippen MR) is 125 cm³/mol. The Morgan fingerprint density at radius 2 is 1.50 bits per heavy atom. The van der Waals surface area contributed by atoms with Crippen LogP contribution in [0.15, 0.2) is 0 Å². The summed E-state index contributed by atoms with van der Waals surface area (Å²) >= 11 is 0. The van der Waals surface area contributed by atoms with Gasteiger partial charge in [0.1, 0.15) is 0 Å². The fraction of sp³-hybridized carbons (Fsp3) is 1.00. The first-order valence-corrected chi connectivity index (χ1v) is 12.1. The van der Waals surface area contributed by atoms with E-state index in [9.17, 15) is 0 Å². The molecule has 1 aliphatic heterocycles. The first kappa shape index (κ1) is 26.0. The van der Waals surface area contributed by atoms with Crippen molar-refractivity contribution < 1.29 is 4.74 Å². The van der Waals surface area contributed by atoms with Crippen LogP contribution in [0.5, 0.6) is 0 Å². The maximum absolute atomic E-state index is 6.96. The number of hydrogen-bond donors (Lipinski definition) is 0. The lowest BCUT2D eigenvalue weighted by atomic mass is 9.71. The number of ether oxygens (including phenoxy) is 1. The molecule has 0 radical (unpaired) electrons. The van der Waals surface area contributed by atoms with Crippen LogP contribution in [0.2, 0.25) is 0 Å². The van der Waals surface area contributed by atoms with Crippen LogP contribution in [0.25, 0.3) is 0 Å². The van der Waals surface area contributed by atoms with Crippen molar-refractivity contribution in [2.75, 3.05) is 13.1 Å². The molecule has 0 aromatic rings. The second-order valence-corrected chi connectivity index (χ2v) is 12.0. The molecule has 0 amide bonds. The Bertz CT molecular complexity index is 481. The molecule has 1 rings (SSSR count). The van der Waals surface area contributed by atoms with Crippen molar-refractivity contribution in [3.63, 3.8) is 0 Å². The Morgan fingerprint density at radius 3 is 1.96 bits per heavy atom. The molecule has 2 nitrogen and oxygen atoms in total. The number of nitrogens with zero attached hydrogens (tertiary/aromatic N) is 1. The van der Waals surface area contributed by atoms with Gasteiger partial charge in [-0.1, -0.05) is 54.9 Å². The molecule has 4 unspecified atom stereocenters. The van der Waals surface area contributed by atoms with E-state index in [0.29, 0.717) is 17.4 Å². The van der Waals surface area contributed by atoms with Crippen LogP contribution in [-0.4, -0.2) is 34.7 Å². The summed E-state index contributed by atoms with van der Waals surface area (Å²) in [4.78, 5) is 2.72. The standard InChI is InChI=1S/C26H53NO/c1-13-20(4)21(5)26(12,15-3)28-25(10,11)19-23(6,7)22-16-17-27(18-22)24(8,9)14-2/h20-22H,13-19H2,1-12H3. The average Bonchev–Trinajstić information content (AvgIpc) is 3.10. The lowest BCUT2D eigenvalue weighted by molar-refractivity contribution is -0.180. The van der Waals surface area contributed by atoms with Gasteiger partial charge in [0.2, 0.25) is 0 Å². The van der Waals surface area contributed by atoms with Gasteiger partial charge in [0.25, 0.3) is 0 Å². The molecule has 168 valence electrons.